The van der Waals surface area contributed by atoms with Crippen LogP contribution in [0.5, 0.6) is 0 Å². The minimum Gasteiger partial charge on any atom is -0.343 e. The van der Waals surface area contributed by atoms with Gasteiger partial charge in [-0.3, -0.25) is 4.79 Å². The van der Waals surface area contributed by atoms with E-state index < -0.39 is 9.84 Å². The predicted molar refractivity (Wildman–Crippen MR) is 108 cm³/mol. The molecule has 5 heteroatoms. The van der Waals surface area contributed by atoms with Crippen LogP contribution in [-0.2, 0) is 26.8 Å². The molecule has 2 aromatic rings. The van der Waals surface area contributed by atoms with Crippen molar-refractivity contribution in [3.05, 3.63) is 71.3 Å². The number of rotatable bonds is 6. The van der Waals surface area contributed by atoms with Crippen molar-refractivity contribution >= 4 is 15.7 Å². The van der Waals surface area contributed by atoms with Gasteiger partial charge < -0.3 is 4.90 Å². The minimum absolute atomic E-state index is 0.0831. The van der Waals surface area contributed by atoms with Crippen LogP contribution in [0.15, 0.2) is 54.6 Å². The van der Waals surface area contributed by atoms with E-state index in [0.717, 1.165) is 12.0 Å². The fraction of sp³-hybridized carbons (Fsp3) is 0.409. The van der Waals surface area contributed by atoms with Gasteiger partial charge in [0.05, 0.1) is 11.0 Å². The summed E-state index contributed by atoms with van der Waals surface area (Å²) in [4.78, 5) is 14.3. The first-order valence-electron chi connectivity index (χ1n) is 9.53. The van der Waals surface area contributed by atoms with Crippen molar-refractivity contribution in [1.29, 1.82) is 0 Å². The van der Waals surface area contributed by atoms with E-state index in [-0.39, 0.29) is 16.9 Å². The van der Waals surface area contributed by atoms with E-state index in [1.54, 1.807) is 0 Å². The fourth-order valence-electron chi connectivity index (χ4n) is 3.68. The maximum absolute atomic E-state index is 12.7. The van der Waals surface area contributed by atoms with E-state index in [4.69, 9.17) is 0 Å². The molecule has 0 atom stereocenters. The zero-order valence-corrected chi connectivity index (χ0v) is 16.6. The lowest BCUT2D eigenvalue weighted by molar-refractivity contribution is -0.132. The second-order valence-electron chi connectivity index (χ2n) is 7.30. The highest BCUT2D eigenvalue weighted by atomic mass is 32.2. The molecule has 0 radical (unpaired) electrons. The third-order valence-corrected chi connectivity index (χ3v) is 7.61. The molecule has 1 heterocycles. The van der Waals surface area contributed by atoms with Gasteiger partial charge in [-0.1, -0.05) is 54.6 Å². The third kappa shape index (κ3) is 5.19. The molecule has 2 aromatic carbocycles. The summed E-state index contributed by atoms with van der Waals surface area (Å²) in [6, 6.07) is 17.4. The first-order valence-corrected chi connectivity index (χ1v) is 11.2. The van der Waals surface area contributed by atoms with E-state index in [1.165, 1.54) is 11.1 Å². The molecule has 1 saturated heterocycles. The van der Waals surface area contributed by atoms with Gasteiger partial charge in [-0.2, -0.15) is 0 Å². The molecule has 0 bridgehead atoms. The average molecular weight is 386 g/mol. The standard InChI is InChI=1S/C22H27NO3S/c1-18-7-5-6-10-20(18)11-12-22(24)23-15-13-21(14-16-23)27(25,26)17-19-8-3-2-4-9-19/h2-10,21H,11-17H2,1H3. The van der Waals surface area contributed by atoms with Crippen LogP contribution in [0.25, 0.3) is 0 Å². The van der Waals surface area contributed by atoms with Crippen LogP contribution in [0.2, 0.25) is 0 Å². The van der Waals surface area contributed by atoms with Crippen LogP contribution in [-0.4, -0.2) is 37.6 Å². The predicted octanol–water partition coefficient (Wildman–Crippen LogP) is 3.53. The molecule has 1 aliphatic heterocycles. The van der Waals surface area contributed by atoms with Gasteiger partial charge in [0.2, 0.25) is 5.91 Å². The van der Waals surface area contributed by atoms with Gasteiger partial charge >= 0.3 is 0 Å². The monoisotopic (exact) mass is 385 g/mol. The number of sulfone groups is 1. The highest BCUT2D eigenvalue weighted by Gasteiger charge is 2.31. The summed E-state index contributed by atoms with van der Waals surface area (Å²) in [5, 5.41) is -0.349. The number of amides is 1. The molecule has 3 rings (SSSR count). The molecule has 0 N–H and O–H groups in total. The highest BCUT2D eigenvalue weighted by Crippen LogP contribution is 2.22. The Labute approximate surface area is 162 Å². The molecule has 1 aliphatic rings. The van der Waals surface area contributed by atoms with Crippen molar-refractivity contribution in [1.82, 2.24) is 4.90 Å². The Kier molecular flexibility index (Phi) is 6.32. The van der Waals surface area contributed by atoms with E-state index in [1.807, 2.05) is 47.4 Å². The number of nitrogens with zero attached hydrogens (tertiary/aromatic N) is 1. The lowest BCUT2D eigenvalue weighted by Crippen LogP contribution is -2.42. The Morgan fingerprint density at radius 2 is 1.63 bits per heavy atom. The lowest BCUT2D eigenvalue weighted by atomic mass is 10.0. The Balaban J connectivity index is 1.50. The average Bonchev–Trinajstić information content (AvgIpc) is 2.68. The maximum atomic E-state index is 12.7. The SMILES string of the molecule is Cc1ccccc1CCC(=O)N1CCC(S(=O)(=O)Cc2ccccc2)CC1. The number of carbonyl (C=O) groups is 1. The normalized spacial score (nSPS) is 15.7. The zero-order chi connectivity index (χ0) is 19.3. The summed E-state index contributed by atoms with van der Waals surface area (Å²) in [6.45, 7) is 3.12. The number of likely N-dealkylation sites (tertiary alicyclic amines) is 1. The van der Waals surface area contributed by atoms with Crippen molar-refractivity contribution < 1.29 is 13.2 Å². The van der Waals surface area contributed by atoms with Crippen molar-refractivity contribution in [2.75, 3.05) is 13.1 Å². The number of carbonyl (C=O) groups excluding carboxylic acids is 1. The largest absolute Gasteiger partial charge is 0.343 e. The molecule has 0 aromatic heterocycles. The van der Waals surface area contributed by atoms with Crippen LogP contribution in [0, 0.1) is 6.92 Å². The molecule has 0 saturated carbocycles. The molecule has 0 unspecified atom stereocenters. The minimum atomic E-state index is -3.18. The van der Waals surface area contributed by atoms with Crippen LogP contribution in [0.1, 0.15) is 36.0 Å². The van der Waals surface area contributed by atoms with Gasteiger partial charge in [0.25, 0.3) is 0 Å². The highest BCUT2D eigenvalue weighted by molar-refractivity contribution is 7.91. The van der Waals surface area contributed by atoms with Gasteiger partial charge in [-0.05, 0) is 42.9 Å². The van der Waals surface area contributed by atoms with Gasteiger partial charge in [0.15, 0.2) is 9.84 Å². The smallest absolute Gasteiger partial charge is 0.222 e. The number of benzene rings is 2. The summed E-state index contributed by atoms with van der Waals surface area (Å²) in [6.07, 6.45) is 2.28. The molecule has 1 amide bonds. The summed E-state index contributed by atoms with van der Waals surface area (Å²) in [5.74, 6) is 0.205. The number of piperidine rings is 1. The van der Waals surface area contributed by atoms with Gasteiger partial charge in [-0.15, -0.1) is 0 Å². The van der Waals surface area contributed by atoms with Crippen molar-refractivity contribution in [3.8, 4) is 0 Å². The second kappa shape index (κ2) is 8.70. The fourth-order valence-corrected chi connectivity index (χ4v) is 5.50. The van der Waals surface area contributed by atoms with E-state index in [2.05, 4.69) is 19.1 Å². The Hall–Kier alpha value is -2.14. The lowest BCUT2D eigenvalue weighted by Gasteiger charge is -2.32. The molecule has 144 valence electrons. The van der Waals surface area contributed by atoms with Gasteiger partial charge in [0, 0.05) is 19.5 Å². The number of hydrogen-bond acceptors (Lipinski definition) is 3. The van der Waals surface area contributed by atoms with E-state index in [0.29, 0.717) is 32.4 Å². The van der Waals surface area contributed by atoms with Crippen LogP contribution < -0.4 is 0 Å². The van der Waals surface area contributed by atoms with Gasteiger partial charge in [0.1, 0.15) is 0 Å². The third-order valence-electron chi connectivity index (χ3n) is 5.38. The first kappa shape index (κ1) is 19.6. The van der Waals surface area contributed by atoms with Crippen molar-refractivity contribution in [2.45, 2.75) is 43.6 Å². The molecule has 27 heavy (non-hydrogen) atoms. The van der Waals surface area contributed by atoms with Crippen molar-refractivity contribution in [2.24, 2.45) is 0 Å². The van der Waals surface area contributed by atoms with Crippen LogP contribution in [0.4, 0.5) is 0 Å². The second-order valence-corrected chi connectivity index (χ2v) is 9.58. The topological polar surface area (TPSA) is 54.5 Å². The quantitative estimate of drug-likeness (QED) is 0.764. The summed E-state index contributed by atoms with van der Waals surface area (Å²) in [5.41, 5.74) is 3.23. The number of hydrogen-bond donors (Lipinski definition) is 0. The summed E-state index contributed by atoms with van der Waals surface area (Å²) < 4.78 is 25.4. The summed E-state index contributed by atoms with van der Waals surface area (Å²) in [7, 11) is -3.18. The molecule has 4 nitrogen and oxygen atoms in total. The first-order chi connectivity index (χ1) is 13.0. The Morgan fingerprint density at radius 3 is 2.30 bits per heavy atom. The Bertz CT molecular complexity index is 869. The molecule has 1 fully saturated rings. The molecular weight excluding hydrogens is 358 g/mol. The molecule has 0 spiro atoms. The summed E-state index contributed by atoms with van der Waals surface area (Å²) >= 11 is 0. The Morgan fingerprint density at radius 1 is 1.00 bits per heavy atom. The van der Waals surface area contributed by atoms with Crippen LogP contribution >= 0.6 is 0 Å². The zero-order valence-electron chi connectivity index (χ0n) is 15.8. The van der Waals surface area contributed by atoms with Gasteiger partial charge in [-0.25, -0.2) is 8.42 Å². The van der Waals surface area contributed by atoms with E-state index >= 15 is 0 Å². The van der Waals surface area contributed by atoms with Crippen molar-refractivity contribution in [3.63, 3.8) is 0 Å². The van der Waals surface area contributed by atoms with Crippen LogP contribution in [0.3, 0.4) is 0 Å². The molecular formula is C22H27NO3S. The maximum Gasteiger partial charge on any atom is 0.222 e. The van der Waals surface area contributed by atoms with E-state index in [9.17, 15) is 13.2 Å². The molecule has 0 aliphatic carbocycles. The number of aryl methyl sites for hydroxylation is 2.